The van der Waals surface area contributed by atoms with Gasteiger partial charge in [-0.1, -0.05) is 5.16 Å². The van der Waals surface area contributed by atoms with E-state index in [0.29, 0.717) is 17.0 Å². The molecular weight excluding hydrogens is 322 g/mol. The van der Waals surface area contributed by atoms with Gasteiger partial charge in [0.25, 0.3) is 0 Å². The standard InChI is InChI=1S/C14H19N3O7/c1-9-14(23)10(4-11(8-18)16-9)5-15-24-3-2-17(6-12(19)20)7-13(21)22/h4-5,18,23H,2-3,6-8H2,1H3,(H,19,20)(H,21,22)/b15-5+. The largest absolute Gasteiger partial charge is 0.505 e. The van der Waals surface area contributed by atoms with Gasteiger partial charge in [-0.05, 0) is 13.0 Å². The fourth-order valence-corrected chi connectivity index (χ4v) is 1.85. The molecule has 0 aliphatic rings. The molecule has 0 amide bonds. The van der Waals surface area contributed by atoms with Crippen LogP contribution in [0.2, 0.25) is 0 Å². The molecule has 1 aromatic heterocycles. The maximum Gasteiger partial charge on any atom is 0.317 e. The van der Waals surface area contributed by atoms with Gasteiger partial charge in [-0.25, -0.2) is 0 Å². The van der Waals surface area contributed by atoms with E-state index in [4.69, 9.17) is 20.2 Å². The van der Waals surface area contributed by atoms with E-state index < -0.39 is 25.0 Å². The summed E-state index contributed by atoms with van der Waals surface area (Å²) >= 11 is 0. The zero-order chi connectivity index (χ0) is 18.1. The van der Waals surface area contributed by atoms with Gasteiger partial charge in [0.2, 0.25) is 0 Å². The predicted octanol–water partition coefficient (Wildman–Crippen LogP) is -0.590. The highest BCUT2D eigenvalue weighted by molar-refractivity contribution is 5.83. The van der Waals surface area contributed by atoms with Gasteiger partial charge in [-0.15, -0.1) is 0 Å². The van der Waals surface area contributed by atoms with Crippen LogP contribution in [0.15, 0.2) is 11.2 Å². The lowest BCUT2D eigenvalue weighted by atomic mass is 10.2. The minimum absolute atomic E-state index is 0.0330. The first-order valence-electron chi connectivity index (χ1n) is 6.95. The van der Waals surface area contributed by atoms with Crippen molar-refractivity contribution in [1.82, 2.24) is 9.88 Å². The van der Waals surface area contributed by atoms with Crippen LogP contribution < -0.4 is 0 Å². The number of hydrogen-bond acceptors (Lipinski definition) is 8. The molecule has 10 heteroatoms. The molecule has 0 bridgehead atoms. The van der Waals surface area contributed by atoms with E-state index in [-0.39, 0.29) is 25.5 Å². The molecule has 132 valence electrons. The quantitative estimate of drug-likeness (QED) is 0.248. The van der Waals surface area contributed by atoms with Crippen molar-refractivity contribution in [1.29, 1.82) is 0 Å². The number of aromatic nitrogens is 1. The minimum Gasteiger partial charge on any atom is -0.505 e. The Hall–Kier alpha value is -2.72. The van der Waals surface area contributed by atoms with Crippen LogP contribution in [0.5, 0.6) is 5.75 Å². The van der Waals surface area contributed by atoms with E-state index in [0.717, 1.165) is 0 Å². The number of aliphatic hydroxyl groups excluding tert-OH is 1. The molecule has 0 saturated heterocycles. The minimum atomic E-state index is -1.14. The summed E-state index contributed by atoms with van der Waals surface area (Å²) in [4.78, 5) is 31.4. The highest BCUT2D eigenvalue weighted by atomic mass is 16.6. The van der Waals surface area contributed by atoms with Crippen LogP contribution in [-0.4, -0.2) is 74.7 Å². The first kappa shape index (κ1) is 19.3. The number of aliphatic carboxylic acids is 2. The van der Waals surface area contributed by atoms with Crippen molar-refractivity contribution in [3.05, 3.63) is 23.0 Å². The first-order chi connectivity index (χ1) is 11.3. The molecule has 0 saturated carbocycles. The topological polar surface area (TPSA) is 153 Å². The van der Waals surface area contributed by atoms with Crippen LogP contribution >= 0.6 is 0 Å². The molecule has 0 spiro atoms. The Labute approximate surface area is 137 Å². The Kier molecular flexibility index (Phi) is 7.59. The average molecular weight is 341 g/mol. The summed E-state index contributed by atoms with van der Waals surface area (Å²) in [6.07, 6.45) is 1.22. The van der Waals surface area contributed by atoms with Crippen LogP contribution in [0.4, 0.5) is 0 Å². The number of pyridine rings is 1. The van der Waals surface area contributed by atoms with Crippen molar-refractivity contribution in [3.8, 4) is 5.75 Å². The van der Waals surface area contributed by atoms with Gasteiger partial charge in [0.05, 0.1) is 37.3 Å². The molecule has 0 aliphatic heterocycles. The Morgan fingerprint density at radius 3 is 2.50 bits per heavy atom. The van der Waals surface area contributed by atoms with Gasteiger partial charge in [0, 0.05) is 12.1 Å². The lowest BCUT2D eigenvalue weighted by molar-refractivity contribution is -0.142. The van der Waals surface area contributed by atoms with Crippen molar-refractivity contribution >= 4 is 18.2 Å². The molecule has 24 heavy (non-hydrogen) atoms. The predicted molar refractivity (Wildman–Crippen MR) is 81.8 cm³/mol. The summed E-state index contributed by atoms with van der Waals surface area (Å²) in [5, 5.41) is 39.9. The number of carboxylic acids is 2. The van der Waals surface area contributed by atoms with E-state index >= 15 is 0 Å². The maximum atomic E-state index is 10.6. The number of aryl methyl sites for hydroxylation is 1. The van der Waals surface area contributed by atoms with E-state index in [9.17, 15) is 14.7 Å². The molecule has 0 radical (unpaired) electrons. The molecule has 1 aromatic rings. The maximum absolute atomic E-state index is 10.6. The smallest absolute Gasteiger partial charge is 0.317 e. The molecule has 0 aromatic carbocycles. The Morgan fingerprint density at radius 2 is 1.96 bits per heavy atom. The second-order valence-electron chi connectivity index (χ2n) is 4.86. The first-order valence-corrected chi connectivity index (χ1v) is 6.95. The number of oxime groups is 1. The monoisotopic (exact) mass is 341 g/mol. The van der Waals surface area contributed by atoms with Gasteiger partial charge in [-0.2, -0.15) is 0 Å². The number of nitrogens with zero attached hydrogens (tertiary/aromatic N) is 3. The van der Waals surface area contributed by atoms with Gasteiger partial charge < -0.3 is 25.3 Å². The fraction of sp³-hybridized carbons (Fsp3) is 0.429. The zero-order valence-electron chi connectivity index (χ0n) is 13.0. The summed E-state index contributed by atoms with van der Waals surface area (Å²) in [5.41, 5.74) is 0.998. The number of aromatic hydroxyl groups is 1. The molecule has 1 rings (SSSR count). The highest BCUT2D eigenvalue weighted by Crippen LogP contribution is 2.19. The van der Waals surface area contributed by atoms with Gasteiger partial charge >= 0.3 is 11.9 Å². The lowest BCUT2D eigenvalue weighted by Crippen LogP contribution is -2.36. The third-order valence-corrected chi connectivity index (χ3v) is 2.89. The summed E-state index contributed by atoms with van der Waals surface area (Å²) in [6, 6.07) is 1.44. The SMILES string of the molecule is Cc1nc(CO)cc(/C=N/OCCN(CC(=O)O)CC(=O)O)c1O. The van der Waals surface area contributed by atoms with Crippen molar-refractivity contribution in [2.24, 2.45) is 5.16 Å². The van der Waals surface area contributed by atoms with E-state index in [1.54, 1.807) is 6.92 Å². The molecule has 0 atom stereocenters. The number of hydrogen-bond donors (Lipinski definition) is 4. The van der Waals surface area contributed by atoms with Gasteiger partial charge in [-0.3, -0.25) is 19.5 Å². The number of rotatable bonds is 10. The molecule has 0 aliphatic carbocycles. The van der Waals surface area contributed by atoms with Crippen LogP contribution in [0, 0.1) is 6.92 Å². The summed E-state index contributed by atoms with van der Waals surface area (Å²) in [7, 11) is 0. The van der Waals surface area contributed by atoms with Crippen LogP contribution in [0.25, 0.3) is 0 Å². The fourth-order valence-electron chi connectivity index (χ4n) is 1.85. The van der Waals surface area contributed by atoms with Crippen molar-refractivity contribution in [2.75, 3.05) is 26.2 Å². The van der Waals surface area contributed by atoms with E-state index in [2.05, 4.69) is 10.1 Å². The highest BCUT2D eigenvalue weighted by Gasteiger charge is 2.13. The third-order valence-electron chi connectivity index (χ3n) is 2.89. The number of carboxylic acid groups (broad SMARTS) is 2. The molecule has 4 N–H and O–H groups in total. The molecule has 1 heterocycles. The van der Waals surface area contributed by atoms with Crippen molar-refractivity contribution in [2.45, 2.75) is 13.5 Å². The normalized spacial score (nSPS) is 11.1. The summed E-state index contributed by atoms with van der Waals surface area (Å²) in [5.74, 6) is -2.39. The second-order valence-corrected chi connectivity index (χ2v) is 4.86. The average Bonchev–Trinajstić information content (AvgIpc) is 2.49. The lowest BCUT2D eigenvalue weighted by Gasteiger charge is -2.16. The molecular formula is C14H19N3O7. The van der Waals surface area contributed by atoms with E-state index in [1.165, 1.54) is 17.2 Å². The Morgan fingerprint density at radius 1 is 1.33 bits per heavy atom. The van der Waals surface area contributed by atoms with Crippen molar-refractivity contribution in [3.63, 3.8) is 0 Å². The van der Waals surface area contributed by atoms with Crippen LogP contribution in [0.3, 0.4) is 0 Å². The zero-order valence-corrected chi connectivity index (χ0v) is 13.0. The summed E-state index contributed by atoms with van der Waals surface area (Å²) < 4.78 is 0. The molecule has 0 unspecified atom stereocenters. The Balaban J connectivity index is 2.57. The van der Waals surface area contributed by atoms with Crippen LogP contribution in [-0.2, 0) is 21.0 Å². The Bertz CT molecular complexity index is 603. The third kappa shape index (κ3) is 6.58. The molecule has 10 nitrogen and oxygen atoms in total. The molecule has 0 fully saturated rings. The van der Waals surface area contributed by atoms with Crippen molar-refractivity contribution < 1.29 is 34.9 Å². The van der Waals surface area contributed by atoms with Gasteiger partial charge in [0.1, 0.15) is 12.4 Å². The van der Waals surface area contributed by atoms with Crippen LogP contribution in [0.1, 0.15) is 17.0 Å². The number of aliphatic hydroxyl groups is 1. The number of carbonyl (C=O) groups is 2. The van der Waals surface area contributed by atoms with E-state index in [1.807, 2.05) is 0 Å². The summed E-state index contributed by atoms with van der Waals surface area (Å²) in [6.45, 7) is 0.450. The second kappa shape index (κ2) is 9.43. The van der Waals surface area contributed by atoms with Gasteiger partial charge in [0.15, 0.2) is 0 Å².